The number of aromatic nitrogens is 2. The molecule has 5 N–H and O–H groups in total. The van der Waals surface area contributed by atoms with Crippen molar-refractivity contribution in [2.24, 2.45) is 11.7 Å². The summed E-state index contributed by atoms with van der Waals surface area (Å²) >= 11 is 0. The van der Waals surface area contributed by atoms with Crippen molar-refractivity contribution in [3.63, 3.8) is 0 Å². The van der Waals surface area contributed by atoms with Crippen LogP contribution in [0.1, 0.15) is 25.7 Å². The molecule has 106 valence electrons. The molecule has 5 heteroatoms. The maximum atomic E-state index is 5.98. The van der Waals surface area contributed by atoms with E-state index in [4.69, 9.17) is 11.5 Å². The van der Waals surface area contributed by atoms with Gasteiger partial charge in [-0.15, -0.1) is 0 Å². The van der Waals surface area contributed by atoms with E-state index < -0.39 is 0 Å². The van der Waals surface area contributed by atoms with Gasteiger partial charge in [0.25, 0.3) is 0 Å². The summed E-state index contributed by atoms with van der Waals surface area (Å²) in [4.78, 5) is 8.84. The Kier molecular flexibility index (Phi) is 3.69. The Balaban J connectivity index is 1.68. The molecule has 0 bridgehead atoms. The number of hydrogen-bond acceptors (Lipinski definition) is 5. The summed E-state index contributed by atoms with van der Waals surface area (Å²) in [5.74, 6) is 1.81. The van der Waals surface area contributed by atoms with Crippen LogP contribution >= 0.6 is 0 Å². The summed E-state index contributed by atoms with van der Waals surface area (Å²) in [5.41, 5.74) is 12.8. The van der Waals surface area contributed by atoms with Crippen molar-refractivity contribution in [2.45, 2.75) is 31.7 Å². The van der Waals surface area contributed by atoms with Crippen LogP contribution in [0.4, 0.5) is 11.8 Å². The number of nitrogen functional groups attached to an aromatic ring is 1. The number of benzene rings is 1. The van der Waals surface area contributed by atoms with Crippen molar-refractivity contribution in [3.8, 4) is 0 Å². The standard InChI is InChI=1S/C15H21N5/c16-11-7-5-10(6-8-11)9-18-15-19-13-4-2-1-3-12(13)14(17)20-15/h1-4,10-11H,5-9,16H2,(H3,17,18,19,20). The van der Waals surface area contributed by atoms with Crippen molar-refractivity contribution >= 4 is 22.7 Å². The molecule has 20 heavy (non-hydrogen) atoms. The monoisotopic (exact) mass is 271 g/mol. The zero-order chi connectivity index (χ0) is 13.9. The maximum Gasteiger partial charge on any atom is 0.225 e. The van der Waals surface area contributed by atoms with Crippen LogP contribution in [0, 0.1) is 5.92 Å². The lowest BCUT2D eigenvalue weighted by atomic mass is 9.86. The Labute approximate surface area is 118 Å². The summed E-state index contributed by atoms with van der Waals surface area (Å²) in [5, 5.41) is 4.22. The van der Waals surface area contributed by atoms with Crippen molar-refractivity contribution in [2.75, 3.05) is 17.6 Å². The first kappa shape index (κ1) is 13.1. The predicted molar refractivity (Wildman–Crippen MR) is 82.4 cm³/mol. The predicted octanol–water partition coefficient (Wildman–Crippen LogP) is 2.14. The topological polar surface area (TPSA) is 89.8 Å². The number of rotatable bonds is 3. The van der Waals surface area contributed by atoms with Gasteiger partial charge in [0.05, 0.1) is 5.52 Å². The Morgan fingerprint density at radius 2 is 1.85 bits per heavy atom. The average molecular weight is 271 g/mol. The maximum absolute atomic E-state index is 5.98. The first-order chi connectivity index (χ1) is 9.72. The molecule has 0 amide bonds. The molecule has 2 aromatic rings. The van der Waals surface area contributed by atoms with Crippen LogP contribution in [-0.2, 0) is 0 Å². The fraction of sp³-hybridized carbons (Fsp3) is 0.467. The normalized spacial score (nSPS) is 22.9. The molecular formula is C15H21N5. The van der Waals surface area contributed by atoms with Gasteiger partial charge in [0.2, 0.25) is 5.95 Å². The van der Waals surface area contributed by atoms with E-state index >= 15 is 0 Å². The fourth-order valence-electron chi connectivity index (χ4n) is 2.81. The second kappa shape index (κ2) is 5.63. The lowest BCUT2D eigenvalue weighted by Crippen LogP contribution is -2.29. The largest absolute Gasteiger partial charge is 0.383 e. The quantitative estimate of drug-likeness (QED) is 0.795. The molecule has 1 aromatic heterocycles. The summed E-state index contributed by atoms with van der Waals surface area (Å²) < 4.78 is 0. The number of para-hydroxylation sites is 1. The van der Waals surface area contributed by atoms with Crippen LogP contribution in [0.2, 0.25) is 0 Å². The molecule has 0 aliphatic heterocycles. The van der Waals surface area contributed by atoms with Gasteiger partial charge in [0.15, 0.2) is 0 Å². The van der Waals surface area contributed by atoms with Crippen molar-refractivity contribution in [3.05, 3.63) is 24.3 Å². The Morgan fingerprint density at radius 1 is 1.10 bits per heavy atom. The number of nitrogens with zero attached hydrogens (tertiary/aromatic N) is 2. The van der Waals surface area contributed by atoms with Gasteiger partial charge in [0.1, 0.15) is 5.82 Å². The van der Waals surface area contributed by atoms with E-state index in [2.05, 4.69) is 15.3 Å². The van der Waals surface area contributed by atoms with Crippen molar-refractivity contribution in [1.82, 2.24) is 9.97 Å². The Morgan fingerprint density at radius 3 is 2.65 bits per heavy atom. The third-order valence-corrected chi connectivity index (χ3v) is 4.07. The van der Waals surface area contributed by atoms with E-state index in [9.17, 15) is 0 Å². The molecule has 1 aliphatic rings. The lowest BCUT2D eigenvalue weighted by Gasteiger charge is -2.26. The minimum Gasteiger partial charge on any atom is -0.383 e. The summed E-state index contributed by atoms with van der Waals surface area (Å²) in [6, 6.07) is 8.19. The highest BCUT2D eigenvalue weighted by Gasteiger charge is 2.18. The first-order valence-corrected chi connectivity index (χ1v) is 7.24. The average Bonchev–Trinajstić information content (AvgIpc) is 2.47. The van der Waals surface area contributed by atoms with Gasteiger partial charge in [-0.25, -0.2) is 4.98 Å². The third kappa shape index (κ3) is 2.82. The number of anilines is 2. The van der Waals surface area contributed by atoms with E-state index in [1.807, 2.05) is 24.3 Å². The number of fused-ring (bicyclic) bond motifs is 1. The molecule has 0 atom stereocenters. The van der Waals surface area contributed by atoms with Crippen molar-refractivity contribution < 1.29 is 0 Å². The molecule has 1 aromatic carbocycles. The summed E-state index contributed by atoms with van der Waals surface area (Å²) in [7, 11) is 0. The highest BCUT2D eigenvalue weighted by atomic mass is 15.1. The minimum atomic E-state index is 0.388. The highest BCUT2D eigenvalue weighted by Crippen LogP contribution is 2.24. The highest BCUT2D eigenvalue weighted by molar-refractivity contribution is 5.88. The van der Waals surface area contributed by atoms with Gasteiger partial charge < -0.3 is 16.8 Å². The Hall–Kier alpha value is -1.88. The van der Waals surface area contributed by atoms with Gasteiger partial charge >= 0.3 is 0 Å². The molecule has 0 spiro atoms. The van der Waals surface area contributed by atoms with E-state index in [0.29, 0.717) is 23.7 Å². The molecule has 1 fully saturated rings. The van der Waals surface area contributed by atoms with Crippen LogP contribution in [0.25, 0.3) is 10.9 Å². The van der Waals surface area contributed by atoms with Crippen molar-refractivity contribution in [1.29, 1.82) is 0 Å². The van der Waals surface area contributed by atoms with E-state index in [-0.39, 0.29) is 0 Å². The zero-order valence-electron chi connectivity index (χ0n) is 11.5. The molecule has 5 nitrogen and oxygen atoms in total. The molecule has 0 saturated heterocycles. The third-order valence-electron chi connectivity index (χ3n) is 4.07. The number of nitrogens with one attached hydrogen (secondary N) is 1. The molecule has 3 rings (SSSR count). The van der Waals surface area contributed by atoms with Crippen LogP contribution in [0.3, 0.4) is 0 Å². The molecular weight excluding hydrogens is 250 g/mol. The van der Waals surface area contributed by atoms with Gasteiger partial charge in [-0.2, -0.15) is 4.98 Å². The van der Waals surface area contributed by atoms with Crippen LogP contribution in [-0.4, -0.2) is 22.6 Å². The molecule has 1 aliphatic carbocycles. The second-order valence-electron chi connectivity index (χ2n) is 5.61. The SMILES string of the molecule is Nc1nc(NCC2CCC(N)CC2)nc2ccccc12. The van der Waals surface area contributed by atoms with E-state index in [1.165, 1.54) is 12.8 Å². The first-order valence-electron chi connectivity index (χ1n) is 7.24. The van der Waals surface area contributed by atoms with Crippen LogP contribution < -0.4 is 16.8 Å². The van der Waals surface area contributed by atoms with Crippen LogP contribution in [0.5, 0.6) is 0 Å². The smallest absolute Gasteiger partial charge is 0.225 e. The van der Waals surface area contributed by atoms with Gasteiger partial charge in [-0.3, -0.25) is 0 Å². The van der Waals surface area contributed by atoms with E-state index in [1.54, 1.807) is 0 Å². The Bertz CT molecular complexity index is 590. The molecule has 0 radical (unpaired) electrons. The zero-order valence-corrected chi connectivity index (χ0v) is 11.5. The summed E-state index contributed by atoms with van der Waals surface area (Å²) in [6.45, 7) is 0.893. The lowest BCUT2D eigenvalue weighted by molar-refractivity contribution is 0.338. The van der Waals surface area contributed by atoms with Gasteiger partial charge in [-0.1, -0.05) is 12.1 Å². The van der Waals surface area contributed by atoms with Crippen LogP contribution in [0.15, 0.2) is 24.3 Å². The number of hydrogen-bond donors (Lipinski definition) is 3. The fourth-order valence-corrected chi connectivity index (χ4v) is 2.81. The van der Waals surface area contributed by atoms with E-state index in [0.717, 1.165) is 30.3 Å². The second-order valence-corrected chi connectivity index (χ2v) is 5.61. The molecule has 1 saturated carbocycles. The van der Waals surface area contributed by atoms with Gasteiger partial charge in [0, 0.05) is 18.0 Å². The minimum absolute atomic E-state index is 0.388. The molecule has 1 heterocycles. The molecule has 0 unspecified atom stereocenters. The van der Waals surface area contributed by atoms with Gasteiger partial charge in [-0.05, 0) is 43.7 Å². The number of nitrogens with two attached hydrogens (primary N) is 2. The summed E-state index contributed by atoms with van der Waals surface area (Å²) in [6.07, 6.45) is 4.59.